The van der Waals surface area contributed by atoms with Crippen LogP contribution in [0, 0.1) is 0 Å². The molecule has 0 aromatic heterocycles. The summed E-state index contributed by atoms with van der Waals surface area (Å²) in [5, 5.41) is 0. The Balaban J connectivity index is -0.00000000400. The Kier molecular flexibility index (Phi) is 270. The summed E-state index contributed by atoms with van der Waals surface area (Å²) in [7, 11) is -15.5. The Morgan fingerprint density at radius 1 is 0.310 bits per heavy atom. The molecule has 156 valence electrons. The Hall–Kier alpha value is 7.99. The quantitative estimate of drug-likeness (QED) is 0.130. The van der Waals surface area contributed by atoms with Crippen molar-refractivity contribution in [1.29, 1.82) is 0 Å². The van der Waals surface area contributed by atoms with Gasteiger partial charge in [-0.3, -0.25) is 25.3 Å². The van der Waals surface area contributed by atoms with Crippen molar-refractivity contribution in [2.75, 3.05) is 0 Å². The predicted molar refractivity (Wildman–Crippen MR) is 99.1 cm³/mol. The molecule has 0 aromatic carbocycles. The van der Waals surface area contributed by atoms with E-state index < -0.39 is 31.2 Å². The first-order chi connectivity index (χ1) is 6.00. The molecular weight excluding hydrogens is 679 g/mol. The fourth-order valence-corrected chi connectivity index (χ4v) is 0. The second-order valence-electron chi connectivity index (χ2n) is 1.22. The van der Waals surface area contributed by atoms with Crippen LogP contribution in [0.4, 0.5) is 0 Å². The molecule has 0 aliphatic rings. The topological polar surface area (TPSA) is 430 Å². The van der Waals surface area contributed by atoms with Gasteiger partial charge in [-0.1, -0.05) is 0 Å². The Morgan fingerprint density at radius 3 is 0.310 bits per heavy atom. The van der Waals surface area contributed by atoms with Crippen LogP contribution in [0.2, 0.25) is 0 Å². The van der Waals surface area contributed by atoms with Gasteiger partial charge in [-0.05, 0) is 0 Å². The molecule has 12 N–H and O–H groups in total. The summed E-state index contributed by atoms with van der Waals surface area (Å²) in [5.41, 5.74) is 0. The fourth-order valence-electron chi connectivity index (χ4n) is 0. The monoisotopic (exact) mass is 690 g/mol. The molecule has 0 bridgehead atoms. The molecule has 29 heteroatoms. The summed E-state index contributed by atoms with van der Waals surface area (Å²) in [6.07, 6.45) is 0. The molecular formula is H12Al2Ca6O18S3. The molecule has 0 fully saturated rings. The third-order valence-corrected chi connectivity index (χ3v) is 0. The summed E-state index contributed by atoms with van der Waals surface area (Å²) in [4.78, 5) is 0. The van der Waals surface area contributed by atoms with Crippen molar-refractivity contribution in [3.63, 3.8) is 0 Å². The van der Waals surface area contributed by atoms with Crippen molar-refractivity contribution in [2.24, 2.45) is 0 Å². The first-order valence-corrected chi connectivity index (χ1v) is 6.00. The molecule has 18 nitrogen and oxygen atoms in total. The van der Waals surface area contributed by atoms with Crippen molar-refractivity contribution in [3.05, 3.63) is 0 Å². The molecule has 0 unspecified atom stereocenters. The minimum Gasteiger partial charge on any atom is -0.759 e. The van der Waals surface area contributed by atoms with Gasteiger partial charge < -0.3 is 60.2 Å². The predicted octanol–water partition coefficient (Wildman–Crippen LogP) is -12.0. The average Bonchev–Trinajstić information content (AvgIpc) is 1.41. The van der Waals surface area contributed by atoms with E-state index in [1.807, 2.05) is 0 Å². The molecule has 0 aromatic rings. The minimum atomic E-state index is -5.17. The molecule has 12 radical (unpaired) electrons. The Labute approximate surface area is 368 Å². The Bertz CT molecular complexity index is 365. The molecule has 0 aliphatic carbocycles. The van der Waals surface area contributed by atoms with E-state index in [2.05, 4.69) is 0 Å². The average molecular weight is 691 g/mol. The van der Waals surface area contributed by atoms with Crippen LogP contribution in [0.5, 0.6) is 0 Å². The zero-order valence-corrected chi connectivity index (χ0v) is 32.5. The number of rotatable bonds is 0. The molecule has 0 heterocycles. The maximum absolute atomic E-state index is 8.52. The van der Waals surface area contributed by atoms with E-state index in [-0.39, 0.29) is 294 Å². The van der Waals surface area contributed by atoms with Gasteiger partial charge in [0.2, 0.25) is 0 Å². The van der Waals surface area contributed by atoms with Gasteiger partial charge in [0.25, 0.3) is 0 Å². The summed E-state index contributed by atoms with van der Waals surface area (Å²) in [6.45, 7) is 0. The fraction of sp³-hybridized carbons (Fsp3) is 0. The van der Waals surface area contributed by atoms with Crippen molar-refractivity contribution in [1.82, 2.24) is 0 Å². The van der Waals surface area contributed by atoms with Crippen LogP contribution in [-0.2, 0) is 31.2 Å². The number of hydrogen-bond acceptors (Lipinski definition) is 12. The zero-order chi connectivity index (χ0) is 13.5. The molecule has 0 spiro atoms. The first kappa shape index (κ1) is 120. The molecule has 0 rings (SSSR count). The van der Waals surface area contributed by atoms with E-state index in [0.29, 0.717) is 0 Å². The SMILES string of the molecule is O.O.O.O.O.O.O=S(=O)([O-])[O-].O=S(=O)([O-])[O-].O=S(=O)([O-])[O-].[Al+3].[Al+3].[Ca].[Ca].[Ca].[Ca].[Ca].[Ca]. The molecule has 0 aliphatic heterocycles. The van der Waals surface area contributed by atoms with Gasteiger partial charge in [0, 0.05) is 258 Å². The van der Waals surface area contributed by atoms with Crippen LogP contribution in [0.3, 0.4) is 0 Å². The summed E-state index contributed by atoms with van der Waals surface area (Å²) in [6, 6.07) is 0. The van der Waals surface area contributed by atoms with E-state index in [1.54, 1.807) is 0 Å². The molecule has 0 saturated heterocycles. The number of hydrogen-bond donors (Lipinski definition) is 0. The Morgan fingerprint density at radius 2 is 0.310 bits per heavy atom. The van der Waals surface area contributed by atoms with Gasteiger partial charge in [-0.2, -0.15) is 0 Å². The van der Waals surface area contributed by atoms with Gasteiger partial charge in [-0.25, -0.2) is 0 Å². The van der Waals surface area contributed by atoms with Gasteiger partial charge in [0.1, 0.15) is 0 Å². The molecule has 0 atom stereocenters. The van der Waals surface area contributed by atoms with Crippen molar-refractivity contribution in [2.45, 2.75) is 0 Å². The van der Waals surface area contributed by atoms with Gasteiger partial charge in [0.05, 0.1) is 0 Å². The van der Waals surface area contributed by atoms with E-state index in [1.165, 1.54) is 0 Å². The van der Waals surface area contributed by atoms with Gasteiger partial charge in [0.15, 0.2) is 0 Å². The summed E-state index contributed by atoms with van der Waals surface area (Å²) in [5.74, 6) is 0. The largest absolute Gasteiger partial charge is 3.00 e. The molecule has 0 saturated carbocycles. The van der Waals surface area contributed by atoms with E-state index >= 15 is 0 Å². The maximum atomic E-state index is 8.52. The second kappa shape index (κ2) is 65.2. The molecule has 29 heavy (non-hydrogen) atoms. The summed E-state index contributed by atoms with van der Waals surface area (Å²) >= 11 is 0. The zero-order valence-electron chi connectivity index (χ0n) is 14.5. The van der Waals surface area contributed by atoms with Crippen molar-refractivity contribution in [3.8, 4) is 0 Å². The van der Waals surface area contributed by atoms with Crippen LogP contribution in [0.25, 0.3) is 0 Å². The third kappa shape index (κ3) is 651. The normalized spacial score (nSPS) is 6.00. The van der Waals surface area contributed by atoms with Crippen LogP contribution >= 0.6 is 0 Å². The second-order valence-corrected chi connectivity index (χ2v) is 3.67. The van der Waals surface area contributed by atoms with E-state index in [0.717, 1.165) is 0 Å². The van der Waals surface area contributed by atoms with E-state index in [9.17, 15) is 0 Å². The van der Waals surface area contributed by atoms with Crippen molar-refractivity contribution >= 4 is 292 Å². The van der Waals surface area contributed by atoms with Gasteiger partial charge >= 0.3 is 34.7 Å². The smallest absolute Gasteiger partial charge is 0.759 e. The minimum absolute atomic E-state index is 0. The summed E-state index contributed by atoms with van der Waals surface area (Å²) < 4.78 is 102. The molecule has 0 amide bonds. The first-order valence-electron chi connectivity index (χ1n) is 2.00. The van der Waals surface area contributed by atoms with Crippen LogP contribution in [0.15, 0.2) is 0 Å². The maximum Gasteiger partial charge on any atom is 3.00 e. The third-order valence-electron chi connectivity index (χ3n) is 0. The van der Waals surface area contributed by atoms with Crippen LogP contribution in [-0.4, -0.2) is 347 Å². The van der Waals surface area contributed by atoms with E-state index in [4.69, 9.17) is 52.6 Å². The van der Waals surface area contributed by atoms with Crippen LogP contribution in [0.1, 0.15) is 0 Å². The van der Waals surface area contributed by atoms with Gasteiger partial charge in [-0.15, -0.1) is 0 Å². The van der Waals surface area contributed by atoms with Crippen LogP contribution < -0.4 is 0 Å². The van der Waals surface area contributed by atoms with Crippen molar-refractivity contribution < 1.29 is 85.4 Å². The standard InChI is InChI=1S/2Al.6Ca.3H2O4S.6H2O/c;;;;;;;;3*1-5(2,3)4;;;;;;/h;;;;;;;;3*(H2,1,2,3,4);6*1H2/q2*+3;;;;;;;;;;;;;;;/p-6.